The van der Waals surface area contributed by atoms with Gasteiger partial charge in [0.25, 0.3) is 11.8 Å². The van der Waals surface area contributed by atoms with E-state index in [9.17, 15) is 9.59 Å². The highest BCUT2D eigenvalue weighted by molar-refractivity contribution is 6.08. The number of carbonyl (C=O) groups is 2. The highest BCUT2D eigenvalue weighted by Crippen LogP contribution is 2.32. The molecule has 0 aliphatic carbocycles. The predicted molar refractivity (Wildman–Crippen MR) is 122 cm³/mol. The van der Waals surface area contributed by atoms with Crippen LogP contribution in [0.3, 0.4) is 0 Å². The van der Waals surface area contributed by atoms with Gasteiger partial charge in [0.15, 0.2) is 6.10 Å². The van der Waals surface area contributed by atoms with Gasteiger partial charge in [-0.05, 0) is 37.3 Å². The Labute approximate surface area is 184 Å². The van der Waals surface area contributed by atoms with Crippen molar-refractivity contribution in [2.75, 3.05) is 10.6 Å². The molecule has 1 aliphatic rings. The summed E-state index contributed by atoms with van der Waals surface area (Å²) in [6.45, 7) is 1.68. The molecule has 3 aromatic carbocycles. The molecule has 1 aliphatic heterocycles. The summed E-state index contributed by atoms with van der Waals surface area (Å²) in [5, 5.41) is 10.4. The second-order valence-electron chi connectivity index (χ2n) is 7.45. The van der Waals surface area contributed by atoms with Gasteiger partial charge in [0.05, 0.1) is 16.9 Å². The number of fused-ring (bicyclic) bond motifs is 1. The van der Waals surface area contributed by atoms with Crippen molar-refractivity contribution >= 4 is 23.2 Å². The third kappa shape index (κ3) is 3.72. The van der Waals surface area contributed by atoms with E-state index in [1.165, 1.54) is 0 Å². The lowest BCUT2D eigenvalue weighted by atomic mass is 10.1. The van der Waals surface area contributed by atoms with Crippen molar-refractivity contribution in [3.05, 3.63) is 90.6 Å². The summed E-state index contributed by atoms with van der Waals surface area (Å²) < 4.78 is 7.27. The maximum Gasteiger partial charge on any atom is 0.265 e. The number of rotatable bonds is 4. The van der Waals surface area contributed by atoms with Crippen molar-refractivity contribution in [1.29, 1.82) is 0 Å². The number of nitrogens with one attached hydrogen (secondary N) is 2. The lowest BCUT2D eigenvalue weighted by molar-refractivity contribution is -0.122. The van der Waals surface area contributed by atoms with E-state index in [0.29, 0.717) is 28.4 Å². The summed E-state index contributed by atoms with van der Waals surface area (Å²) in [6, 6.07) is 24.3. The first-order chi connectivity index (χ1) is 15.6. The van der Waals surface area contributed by atoms with E-state index in [2.05, 4.69) is 15.7 Å². The Kier molecular flexibility index (Phi) is 4.91. The number of hydrogen-bond donors (Lipinski definition) is 2. The maximum atomic E-state index is 13.3. The SMILES string of the molecule is C[C@@H]1Oc2ccc(NC(=O)c3cn(-c4ccccc4)nc3-c3ccccc3)cc2NC1=O. The Morgan fingerprint density at radius 2 is 1.75 bits per heavy atom. The molecule has 0 saturated carbocycles. The minimum absolute atomic E-state index is 0.225. The highest BCUT2D eigenvalue weighted by atomic mass is 16.5. The van der Waals surface area contributed by atoms with E-state index in [0.717, 1.165) is 11.3 Å². The topological polar surface area (TPSA) is 85.2 Å². The first-order valence-electron chi connectivity index (χ1n) is 10.2. The fourth-order valence-electron chi connectivity index (χ4n) is 3.55. The zero-order chi connectivity index (χ0) is 22.1. The molecule has 1 aromatic heterocycles. The Morgan fingerprint density at radius 1 is 1.03 bits per heavy atom. The molecule has 1 atom stereocenters. The van der Waals surface area contributed by atoms with Crippen LogP contribution in [0, 0.1) is 0 Å². The Hall–Kier alpha value is -4.39. The van der Waals surface area contributed by atoms with Crippen molar-refractivity contribution in [3.8, 4) is 22.7 Å². The van der Waals surface area contributed by atoms with Gasteiger partial charge in [-0.2, -0.15) is 5.10 Å². The standard InChI is InChI=1S/C25H20N4O3/c1-16-24(30)27-21-14-18(12-13-22(21)32-16)26-25(31)20-15-29(19-10-6-3-7-11-19)28-23(20)17-8-4-2-5-9-17/h2-16H,1H3,(H,26,31)(H,27,30)/t16-/m0/s1. The molecule has 32 heavy (non-hydrogen) atoms. The Morgan fingerprint density at radius 3 is 2.50 bits per heavy atom. The molecule has 0 bridgehead atoms. The molecule has 2 heterocycles. The smallest absolute Gasteiger partial charge is 0.265 e. The molecule has 0 fully saturated rings. The van der Waals surface area contributed by atoms with Gasteiger partial charge in [0.2, 0.25) is 0 Å². The van der Waals surface area contributed by atoms with Crippen molar-refractivity contribution in [2.45, 2.75) is 13.0 Å². The van der Waals surface area contributed by atoms with Crippen LogP contribution in [0.4, 0.5) is 11.4 Å². The van der Waals surface area contributed by atoms with Gasteiger partial charge in [-0.15, -0.1) is 0 Å². The van der Waals surface area contributed by atoms with Crippen LogP contribution in [0.15, 0.2) is 85.1 Å². The highest BCUT2D eigenvalue weighted by Gasteiger charge is 2.24. The molecule has 7 heteroatoms. The number of benzene rings is 3. The van der Waals surface area contributed by atoms with Crippen LogP contribution in [-0.2, 0) is 4.79 Å². The third-order valence-electron chi connectivity index (χ3n) is 5.20. The lowest BCUT2D eigenvalue weighted by Crippen LogP contribution is -2.34. The average Bonchev–Trinajstić information content (AvgIpc) is 3.27. The van der Waals surface area contributed by atoms with Crippen molar-refractivity contribution in [1.82, 2.24) is 9.78 Å². The third-order valence-corrected chi connectivity index (χ3v) is 5.20. The molecule has 7 nitrogen and oxygen atoms in total. The molecule has 5 rings (SSSR count). The molecular weight excluding hydrogens is 404 g/mol. The predicted octanol–water partition coefficient (Wildman–Crippen LogP) is 4.51. The first kappa shape index (κ1) is 19.6. The second kappa shape index (κ2) is 8.03. The van der Waals surface area contributed by atoms with Gasteiger partial charge in [-0.25, -0.2) is 4.68 Å². The van der Waals surface area contributed by atoms with Crippen LogP contribution in [0.1, 0.15) is 17.3 Å². The molecule has 0 spiro atoms. The lowest BCUT2D eigenvalue weighted by Gasteiger charge is -2.23. The van der Waals surface area contributed by atoms with E-state index in [1.54, 1.807) is 36.0 Å². The summed E-state index contributed by atoms with van der Waals surface area (Å²) in [5.41, 5.74) is 3.77. The second-order valence-corrected chi connectivity index (χ2v) is 7.45. The quantitative estimate of drug-likeness (QED) is 0.505. The normalized spacial score (nSPS) is 14.8. The van der Waals surface area contributed by atoms with Crippen LogP contribution in [0.5, 0.6) is 5.75 Å². The van der Waals surface area contributed by atoms with Gasteiger partial charge in [0.1, 0.15) is 11.4 Å². The van der Waals surface area contributed by atoms with Crippen molar-refractivity contribution < 1.29 is 14.3 Å². The van der Waals surface area contributed by atoms with Gasteiger partial charge < -0.3 is 15.4 Å². The van der Waals surface area contributed by atoms with Crippen LogP contribution >= 0.6 is 0 Å². The molecule has 2 N–H and O–H groups in total. The molecule has 0 radical (unpaired) electrons. The zero-order valence-electron chi connectivity index (χ0n) is 17.3. The van der Waals surface area contributed by atoms with Crippen LogP contribution in [0.25, 0.3) is 16.9 Å². The molecule has 158 valence electrons. The average molecular weight is 424 g/mol. The summed E-state index contributed by atoms with van der Waals surface area (Å²) in [5.74, 6) is 0.0378. The van der Waals surface area contributed by atoms with Crippen molar-refractivity contribution in [2.24, 2.45) is 0 Å². The molecule has 4 aromatic rings. The summed E-state index contributed by atoms with van der Waals surface area (Å²) in [4.78, 5) is 25.2. The largest absolute Gasteiger partial charge is 0.479 e. The maximum absolute atomic E-state index is 13.3. The number of para-hydroxylation sites is 1. The fraction of sp³-hybridized carbons (Fsp3) is 0.0800. The zero-order valence-corrected chi connectivity index (χ0v) is 17.3. The molecule has 0 unspecified atom stereocenters. The number of aromatic nitrogens is 2. The number of nitrogens with zero attached hydrogens (tertiary/aromatic N) is 2. The molecule has 0 saturated heterocycles. The molecule has 2 amide bonds. The Bertz CT molecular complexity index is 1300. The minimum atomic E-state index is -0.555. The van der Waals surface area contributed by atoms with E-state index in [4.69, 9.17) is 4.74 Å². The monoisotopic (exact) mass is 424 g/mol. The van der Waals surface area contributed by atoms with Gasteiger partial charge in [-0.1, -0.05) is 48.5 Å². The van der Waals surface area contributed by atoms with E-state index >= 15 is 0 Å². The summed E-state index contributed by atoms with van der Waals surface area (Å²) in [6.07, 6.45) is 1.16. The minimum Gasteiger partial charge on any atom is -0.479 e. The van der Waals surface area contributed by atoms with Crippen LogP contribution in [-0.4, -0.2) is 27.7 Å². The first-order valence-corrected chi connectivity index (χ1v) is 10.2. The number of hydrogen-bond acceptors (Lipinski definition) is 4. The fourth-order valence-corrected chi connectivity index (χ4v) is 3.55. The van der Waals surface area contributed by atoms with Crippen LogP contribution in [0.2, 0.25) is 0 Å². The van der Waals surface area contributed by atoms with E-state index in [1.807, 2.05) is 60.7 Å². The summed E-state index contributed by atoms with van der Waals surface area (Å²) >= 11 is 0. The number of ether oxygens (including phenoxy) is 1. The number of anilines is 2. The Balaban J connectivity index is 1.49. The van der Waals surface area contributed by atoms with E-state index in [-0.39, 0.29) is 11.8 Å². The number of amides is 2. The summed E-state index contributed by atoms with van der Waals surface area (Å²) in [7, 11) is 0. The molecular formula is C25H20N4O3. The van der Waals surface area contributed by atoms with Gasteiger partial charge in [0, 0.05) is 17.4 Å². The van der Waals surface area contributed by atoms with E-state index < -0.39 is 6.10 Å². The number of carbonyl (C=O) groups excluding carboxylic acids is 2. The van der Waals surface area contributed by atoms with Gasteiger partial charge >= 0.3 is 0 Å². The van der Waals surface area contributed by atoms with Crippen molar-refractivity contribution in [3.63, 3.8) is 0 Å². The van der Waals surface area contributed by atoms with Crippen LogP contribution < -0.4 is 15.4 Å². The van der Waals surface area contributed by atoms with Gasteiger partial charge in [-0.3, -0.25) is 9.59 Å².